The van der Waals surface area contributed by atoms with E-state index < -0.39 is 20.9 Å². The molecular formula is C3H5ClO4S. The van der Waals surface area contributed by atoms with E-state index in [2.05, 4.69) is 10.7 Å². The zero-order valence-corrected chi connectivity index (χ0v) is 5.89. The summed E-state index contributed by atoms with van der Waals surface area (Å²) >= 11 is 0. The van der Waals surface area contributed by atoms with Crippen molar-refractivity contribution in [1.82, 2.24) is 0 Å². The van der Waals surface area contributed by atoms with Crippen molar-refractivity contribution in [1.29, 1.82) is 0 Å². The van der Waals surface area contributed by atoms with Gasteiger partial charge < -0.3 is 9.90 Å². The highest BCUT2D eigenvalue weighted by molar-refractivity contribution is 8.14. The fourth-order valence-electron chi connectivity index (χ4n) is 0.198. The van der Waals surface area contributed by atoms with Crippen molar-refractivity contribution in [2.75, 3.05) is 6.61 Å². The van der Waals surface area contributed by atoms with Gasteiger partial charge in [-0.2, -0.15) is 0 Å². The molecule has 54 valence electrons. The summed E-state index contributed by atoms with van der Waals surface area (Å²) in [6.45, 7) is -0.769. The summed E-state index contributed by atoms with van der Waals surface area (Å²) in [7, 11) is 0.770. The van der Waals surface area contributed by atoms with Gasteiger partial charge in [-0.3, -0.25) is 0 Å². The van der Waals surface area contributed by atoms with Crippen LogP contribution in [0.1, 0.15) is 0 Å². The molecule has 0 aliphatic heterocycles. The second kappa shape index (κ2) is 3.14. The molecule has 0 heterocycles. The molecule has 1 unspecified atom stereocenters. The molecule has 0 spiro atoms. The number of aliphatic hydroxyl groups is 1. The molecular weight excluding hydrogens is 168 g/mol. The van der Waals surface area contributed by atoms with Gasteiger partial charge in [0, 0.05) is 10.7 Å². The second-order valence-electron chi connectivity index (χ2n) is 1.33. The van der Waals surface area contributed by atoms with Crippen LogP contribution in [-0.4, -0.2) is 31.7 Å². The Labute approximate surface area is 56.9 Å². The Bertz CT molecular complexity index is 184. The molecule has 1 N–H and O–H groups in total. The summed E-state index contributed by atoms with van der Waals surface area (Å²) in [5, 5.41) is 6.68. The zero-order valence-electron chi connectivity index (χ0n) is 4.32. The predicted molar refractivity (Wildman–Crippen MR) is 31.7 cm³/mol. The molecule has 0 saturated heterocycles. The molecule has 0 aliphatic carbocycles. The first kappa shape index (κ1) is 8.87. The average molecular weight is 173 g/mol. The van der Waals surface area contributed by atoms with Gasteiger partial charge in [-0.25, -0.2) is 8.42 Å². The Morgan fingerprint density at radius 2 is 2.11 bits per heavy atom. The maximum Gasteiger partial charge on any atom is 0.244 e. The van der Waals surface area contributed by atoms with Crippen LogP contribution in [0.3, 0.4) is 0 Å². The highest BCUT2D eigenvalue weighted by atomic mass is 35.7. The topological polar surface area (TPSA) is 71.4 Å². The number of carbonyl (C=O) groups excluding carboxylic acids is 1. The van der Waals surface area contributed by atoms with Gasteiger partial charge in [0.05, 0.1) is 6.61 Å². The minimum Gasteiger partial charge on any atom is -0.395 e. The van der Waals surface area contributed by atoms with E-state index in [0.29, 0.717) is 0 Å². The quantitative estimate of drug-likeness (QED) is 0.443. The smallest absolute Gasteiger partial charge is 0.244 e. The highest BCUT2D eigenvalue weighted by Crippen LogP contribution is 2.02. The molecule has 0 aromatic heterocycles. The number of aldehydes is 1. The molecule has 0 saturated carbocycles. The van der Waals surface area contributed by atoms with Crippen molar-refractivity contribution < 1.29 is 18.3 Å². The molecule has 0 amide bonds. The van der Waals surface area contributed by atoms with Gasteiger partial charge in [0.15, 0.2) is 5.25 Å². The van der Waals surface area contributed by atoms with Crippen molar-refractivity contribution in [3.05, 3.63) is 0 Å². The molecule has 0 aromatic carbocycles. The van der Waals surface area contributed by atoms with Crippen LogP contribution in [0.15, 0.2) is 0 Å². The number of aliphatic hydroxyl groups excluding tert-OH is 1. The number of hydrogen-bond donors (Lipinski definition) is 1. The lowest BCUT2D eigenvalue weighted by Gasteiger charge is -1.97. The second-order valence-corrected chi connectivity index (χ2v) is 4.18. The molecule has 0 aliphatic rings. The van der Waals surface area contributed by atoms with Crippen molar-refractivity contribution >= 4 is 26.0 Å². The van der Waals surface area contributed by atoms with Crippen LogP contribution in [0, 0.1) is 0 Å². The molecule has 0 rings (SSSR count). The van der Waals surface area contributed by atoms with Crippen LogP contribution in [0.4, 0.5) is 0 Å². The van der Waals surface area contributed by atoms with E-state index in [1.807, 2.05) is 0 Å². The Morgan fingerprint density at radius 1 is 1.67 bits per heavy atom. The third-order valence-corrected chi connectivity index (χ3v) is 2.36. The van der Waals surface area contributed by atoms with Gasteiger partial charge in [0.25, 0.3) is 0 Å². The van der Waals surface area contributed by atoms with Crippen molar-refractivity contribution in [3.63, 3.8) is 0 Å². The number of hydrogen-bond acceptors (Lipinski definition) is 4. The summed E-state index contributed by atoms with van der Waals surface area (Å²) in [6, 6.07) is 0. The predicted octanol–water partition coefficient (Wildman–Crippen LogP) is -0.885. The molecule has 6 heteroatoms. The van der Waals surface area contributed by atoms with E-state index in [0.717, 1.165) is 0 Å². The number of carbonyl (C=O) groups is 1. The number of halogens is 1. The largest absolute Gasteiger partial charge is 0.395 e. The van der Waals surface area contributed by atoms with E-state index in [-0.39, 0.29) is 6.29 Å². The molecule has 0 fully saturated rings. The summed E-state index contributed by atoms with van der Waals surface area (Å²) < 4.78 is 20.3. The van der Waals surface area contributed by atoms with Gasteiger partial charge in [0.2, 0.25) is 9.05 Å². The van der Waals surface area contributed by atoms with Gasteiger partial charge >= 0.3 is 0 Å². The third kappa shape index (κ3) is 2.78. The van der Waals surface area contributed by atoms with E-state index in [1.54, 1.807) is 0 Å². The third-order valence-electron chi connectivity index (χ3n) is 0.693. The maximum absolute atomic E-state index is 10.2. The molecule has 0 aromatic rings. The highest BCUT2D eigenvalue weighted by Gasteiger charge is 2.20. The van der Waals surface area contributed by atoms with Crippen molar-refractivity contribution in [2.45, 2.75) is 5.25 Å². The monoisotopic (exact) mass is 172 g/mol. The summed E-state index contributed by atoms with van der Waals surface area (Å²) in [5.41, 5.74) is 0. The van der Waals surface area contributed by atoms with E-state index in [4.69, 9.17) is 5.11 Å². The first-order chi connectivity index (χ1) is 4.02. The molecule has 0 bridgehead atoms. The normalized spacial score (nSPS) is 14.9. The lowest BCUT2D eigenvalue weighted by atomic mass is 10.5. The Balaban J connectivity index is 4.32. The van der Waals surface area contributed by atoms with Crippen LogP contribution in [0.5, 0.6) is 0 Å². The summed E-state index contributed by atoms with van der Waals surface area (Å²) in [4.78, 5) is 9.76. The maximum atomic E-state index is 10.2. The van der Waals surface area contributed by atoms with Crippen LogP contribution >= 0.6 is 10.7 Å². The minimum absolute atomic E-state index is 0.0856. The fourth-order valence-corrected chi connectivity index (χ4v) is 0.804. The lowest BCUT2D eigenvalue weighted by Crippen LogP contribution is -2.21. The van der Waals surface area contributed by atoms with Crippen LogP contribution in [0.2, 0.25) is 0 Å². The summed E-state index contributed by atoms with van der Waals surface area (Å²) in [5.74, 6) is 0. The average Bonchev–Trinajstić information content (AvgIpc) is 1.65. The fraction of sp³-hybridized carbons (Fsp3) is 0.667. The molecule has 0 radical (unpaired) electrons. The SMILES string of the molecule is O=CC(CO)S(=O)(=O)Cl. The van der Waals surface area contributed by atoms with Gasteiger partial charge in [0.1, 0.15) is 6.29 Å². The zero-order chi connectivity index (χ0) is 7.49. The lowest BCUT2D eigenvalue weighted by molar-refractivity contribution is -0.108. The number of rotatable bonds is 3. The van der Waals surface area contributed by atoms with Crippen LogP contribution < -0.4 is 0 Å². The Hall–Kier alpha value is -0.130. The Kier molecular flexibility index (Phi) is 3.10. The van der Waals surface area contributed by atoms with Crippen molar-refractivity contribution in [2.24, 2.45) is 0 Å². The van der Waals surface area contributed by atoms with Crippen LogP contribution in [0.25, 0.3) is 0 Å². The Morgan fingerprint density at radius 3 is 2.11 bits per heavy atom. The first-order valence-electron chi connectivity index (χ1n) is 2.02. The molecule has 4 nitrogen and oxygen atoms in total. The van der Waals surface area contributed by atoms with E-state index in [9.17, 15) is 13.2 Å². The van der Waals surface area contributed by atoms with E-state index >= 15 is 0 Å². The standard InChI is InChI=1S/C3H5ClO4S/c4-9(7,8)3(1-5)2-6/h1,3,6H,2H2. The summed E-state index contributed by atoms with van der Waals surface area (Å²) in [6.07, 6.45) is 0.0856. The first-order valence-corrected chi connectivity index (χ1v) is 4.39. The minimum atomic E-state index is -3.91. The van der Waals surface area contributed by atoms with Gasteiger partial charge in [-0.1, -0.05) is 0 Å². The van der Waals surface area contributed by atoms with Gasteiger partial charge in [-0.05, 0) is 0 Å². The van der Waals surface area contributed by atoms with E-state index in [1.165, 1.54) is 0 Å². The van der Waals surface area contributed by atoms with Gasteiger partial charge in [-0.15, -0.1) is 0 Å². The van der Waals surface area contributed by atoms with Crippen LogP contribution in [-0.2, 0) is 13.8 Å². The van der Waals surface area contributed by atoms with Crippen molar-refractivity contribution in [3.8, 4) is 0 Å². The molecule has 9 heavy (non-hydrogen) atoms. The molecule has 1 atom stereocenters.